The van der Waals surface area contributed by atoms with E-state index in [2.05, 4.69) is 52.2 Å². The minimum atomic E-state index is 0.113. The highest BCUT2D eigenvalue weighted by Crippen LogP contribution is 2.43. The fourth-order valence-electron chi connectivity index (χ4n) is 5.87. The molecule has 1 unspecified atom stereocenters. The first-order valence-corrected chi connectivity index (χ1v) is 15.4. The van der Waals surface area contributed by atoms with Gasteiger partial charge >= 0.3 is 0 Å². The summed E-state index contributed by atoms with van der Waals surface area (Å²) in [5.74, 6) is 0.646. The van der Waals surface area contributed by atoms with E-state index in [4.69, 9.17) is 32.9 Å². The van der Waals surface area contributed by atoms with Gasteiger partial charge in [-0.05, 0) is 29.7 Å². The first kappa shape index (κ1) is 29.5. The average molecular weight is 617 g/mol. The highest BCUT2D eigenvalue weighted by molar-refractivity contribution is 6.39. The number of anilines is 1. The van der Waals surface area contributed by atoms with Crippen LogP contribution in [0.3, 0.4) is 0 Å². The van der Waals surface area contributed by atoms with Crippen molar-refractivity contribution in [3.8, 4) is 39.4 Å². The summed E-state index contributed by atoms with van der Waals surface area (Å²) >= 11 is 14.2. The monoisotopic (exact) mass is 615 g/mol. The van der Waals surface area contributed by atoms with Gasteiger partial charge in [-0.3, -0.25) is 4.79 Å². The highest BCUT2D eigenvalue weighted by Gasteiger charge is 2.21. The first-order valence-electron chi connectivity index (χ1n) is 14.6. The molecule has 0 bridgehead atoms. The van der Waals surface area contributed by atoms with E-state index in [0.717, 1.165) is 59.4 Å². The molecule has 1 aromatic heterocycles. The number of carbonyl (C=O) groups is 1. The second kappa shape index (κ2) is 12.9. The third-order valence-corrected chi connectivity index (χ3v) is 9.05. The van der Waals surface area contributed by atoms with Gasteiger partial charge in [0.25, 0.3) is 0 Å². The van der Waals surface area contributed by atoms with Crippen LogP contribution < -0.4 is 25.6 Å². The molecule has 1 saturated heterocycles. The molecular weight excluding hydrogens is 581 g/mol. The predicted molar refractivity (Wildman–Crippen MR) is 175 cm³/mol. The first-order chi connectivity index (χ1) is 20.9. The molecule has 2 aliphatic heterocycles. The van der Waals surface area contributed by atoms with Crippen molar-refractivity contribution < 1.29 is 9.53 Å². The van der Waals surface area contributed by atoms with Crippen LogP contribution in [0.5, 0.6) is 5.88 Å². The Kier molecular flexibility index (Phi) is 8.86. The largest absolute Gasteiger partial charge is 0.481 e. The van der Waals surface area contributed by atoms with E-state index >= 15 is 0 Å². The van der Waals surface area contributed by atoms with Crippen LogP contribution in [0.1, 0.15) is 24.0 Å². The molecule has 222 valence electrons. The molecule has 1 atom stereocenters. The number of hydrogen-bond donors (Lipinski definition) is 3. The topological polar surface area (TPSA) is 78.5 Å². The van der Waals surface area contributed by atoms with Gasteiger partial charge in [-0.25, -0.2) is 4.98 Å². The maximum atomic E-state index is 11.5. The number of carbonyl (C=O) groups excluding carboxylic acids is 1. The molecular formula is C34H35Cl2N5O2. The number of methoxy groups -OCH3 is 1. The minimum absolute atomic E-state index is 0.113. The molecule has 0 saturated carbocycles. The lowest BCUT2D eigenvalue weighted by Crippen LogP contribution is -2.35. The molecule has 0 spiro atoms. The van der Waals surface area contributed by atoms with Gasteiger partial charge in [0.1, 0.15) is 0 Å². The van der Waals surface area contributed by atoms with Gasteiger partial charge in [0.2, 0.25) is 11.8 Å². The molecule has 1 amide bonds. The Balaban J connectivity index is 1.28. The zero-order chi connectivity index (χ0) is 29.9. The Hall–Kier alpha value is -3.62. The maximum Gasteiger partial charge on any atom is 0.220 e. The van der Waals surface area contributed by atoms with Crippen molar-refractivity contribution in [2.45, 2.75) is 32.0 Å². The summed E-state index contributed by atoms with van der Waals surface area (Å²) in [6.07, 6.45) is 1.44. The smallest absolute Gasteiger partial charge is 0.220 e. The molecule has 9 heteroatoms. The number of halogens is 2. The number of hydrogen-bond acceptors (Lipinski definition) is 6. The summed E-state index contributed by atoms with van der Waals surface area (Å²) in [5.41, 5.74) is 8.67. The number of benzene rings is 3. The highest BCUT2D eigenvalue weighted by atomic mass is 35.5. The van der Waals surface area contributed by atoms with E-state index < -0.39 is 0 Å². The van der Waals surface area contributed by atoms with Crippen molar-refractivity contribution in [1.82, 2.24) is 20.9 Å². The Morgan fingerprint density at radius 3 is 2.49 bits per heavy atom. The Morgan fingerprint density at radius 1 is 1.00 bits per heavy atom. The van der Waals surface area contributed by atoms with Gasteiger partial charge in [0.15, 0.2) is 0 Å². The molecule has 4 aromatic rings. The third kappa shape index (κ3) is 6.22. The summed E-state index contributed by atoms with van der Waals surface area (Å²) in [6, 6.07) is 22.7. The van der Waals surface area contributed by atoms with Crippen molar-refractivity contribution in [1.29, 1.82) is 0 Å². The van der Waals surface area contributed by atoms with Crippen molar-refractivity contribution in [3.63, 3.8) is 0 Å². The average Bonchev–Trinajstić information content (AvgIpc) is 3.35. The van der Waals surface area contributed by atoms with Gasteiger partial charge in [0.05, 0.1) is 22.8 Å². The molecule has 7 nitrogen and oxygen atoms in total. The van der Waals surface area contributed by atoms with Crippen molar-refractivity contribution in [2.75, 3.05) is 38.7 Å². The fraction of sp³-hybridized carbons (Fsp3) is 0.294. The van der Waals surface area contributed by atoms with Crippen LogP contribution in [-0.2, 0) is 17.9 Å². The van der Waals surface area contributed by atoms with E-state index in [1.807, 2.05) is 42.5 Å². The molecule has 2 aliphatic rings. The number of ether oxygens (including phenoxy) is 1. The number of nitrogens with zero attached hydrogens (tertiary/aromatic N) is 2. The van der Waals surface area contributed by atoms with Crippen molar-refractivity contribution >= 4 is 34.8 Å². The normalized spacial score (nSPS) is 16.5. The van der Waals surface area contributed by atoms with Crippen molar-refractivity contribution in [3.05, 3.63) is 87.9 Å². The van der Waals surface area contributed by atoms with Gasteiger partial charge in [-0.2, -0.15) is 0 Å². The van der Waals surface area contributed by atoms with Gasteiger partial charge < -0.3 is 25.6 Å². The Morgan fingerprint density at radius 2 is 1.74 bits per heavy atom. The lowest BCUT2D eigenvalue weighted by atomic mass is 9.95. The minimum Gasteiger partial charge on any atom is -0.481 e. The van der Waals surface area contributed by atoms with E-state index in [1.165, 1.54) is 11.3 Å². The van der Waals surface area contributed by atoms with E-state index in [-0.39, 0.29) is 11.9 Å². The zero-order valence-corrected chi connectivity index (χ0v) is 25.9. The lowest BCUT2D eigenvalue weighted by molar-refractivity contribution is -0.119. The van der Waals surface area contributed by atoms with Gasteiger partial charge in [-0.15, -0.1) is 0 Å². The zero-order valence-electron chi connectivity index (χ0n) is 24.3. The number of fused-ring (bicyclic) bond motifs is 1. The molecule has 3 aromatic carbocycles. The standard InChI is InChI=1S/C34H35Cl2N5O2/c1-41-16-15-37-18-22-10-9-21(17-30(22)41)25-5-3-6-26(32(25)35)27-7-4-8-28(33(27)36)29-13-11-23(34(40-29)43-2)19-38-20-24-12-14-31(42)39-24/h3-11,13,17,24,37-38H,12,14-16,18-20H2,1-2H3,(H,39,42). The van der Waals surface area contributed by atoms with Gasteiger partial charge in [0, 0.05) is 85.7 Å². The molecule has 43 heavy (non-hydrogen) atoms. The Bertz CT molecular complexity index is 1660. The summed E-state index contributed by atoms with van der Waals surface area (Å²) in [4.78, 5) is 18.6. The van der Waals surface area contributed by atoms with Gasteiger partial charge in [-0.1, -0.05) is 77.8 Å². The van der Waals surface area contributed by atoms with Crippen LogP contribution in [0.4, 0.5) is 5.69 Å². The molecule has 6 rings (SSSR count). The molecule has 0 radical (unpaired) electrons. The number of rotatable bonds is 8. The number of nitrogens with one attached hydrogen (secondary N) is 3. The number of aromatic nitrogens is 1. The lowest BCUT2D eigenvalue weighted by Gasteiger charge is -2.20. The van der Waals surface area contributed by atoms with Crippen molar-refractivity contribution in [2.24, 2.45) is 0 Å². The third-order valence-electron chi connectivity index (χ3n) is 8.23. The predicted octanol–water partition coefficient (Wildman–Crippen LogP) is 6.31. The van der Waals surface area contributed by atoms with Crippen LogP contribution >= 0.6 is 23.2 Å². The van der Waals surface area contributed by atoms with E-state index in [9.17, 15) is 4.79 Å². The molecule has 3 N–H and O–H groups in total. The molecule has 1 fully saturated rings. The van der Waals surface area contributed by atoms with Crippen LogP contribution in [0.15, 0.2) is 66.7 Å². The van der Waals surface area contributed by atoms with Crippen LogP contribution in [0.25, 0.3) is 33.5 Å². The van der Waals surface area contributed by atoms with Crippen LogP contribution in [0, 0.1) is 0 Å². The quantitative estimate of drug-likeness (QED) is 0.216. The molecule has 3 heterocycles. The summed E-state index contributed by atoms with van der Waals surface area (Å²) in [7, 11) is 3.75. The second-order valence-corrected chi connectivity index (χ2v) is 11.8. The number of pyridine rings is 1. The fourth-order valence-corrected chi connectivity index (χ4v) is 6.53. The second-order valence-electron chi connectivity index (χ2n) is 11.1. The SMILES string of the molecule is COc1nc(-c2cccc(-c3cccc(-c4ccc5c(c4)N(C)CCNC5)c3Cl)c2Cl)ccc1CNCC1CCC(=O)N1. The van der Waals surface area contributed by atoms with Crippen LogP contribution in [0.2, 0.25) is 10.0 Å². The summed E-state index contributed by atoms with van der Waals surface area (Å²) < 4.78 is 5.65. The number of amides is 1. The van der Waals surface area contributed by atoms with E-state index in [0.29, 0.717) is 41.1 Å². The summed E-state index contributed by atoms with van der Waals surface area (Å²) in [5, 5.41) is 11.1. The number of likely N-dealkylation sites (N-methyl/N-ethyl adjacent to an activating group) is 1. The Labute approximate surface area is 262 Å². The summed E-state index contributed by atoms with van der Waals surface area (Å²) in [6.45, 7) is 4.03. The molecule has 0 aliphatic carbocycles. The van der Waals surface area contributed by atoms with Crippen LogP contribution in [-0.4, -0.2) is 50.7 Å². The van der Waals surface area contributed by atoms with E-state index in [1.54, 1.807) is 7.11 Å². The maximum absolute atomic E-state index is 11.5.